The zero-order valence-electron chi connectivity index (χ0n) is 17.3. The molecule has 1 fully saturated rings. The summed E-state index contributed by atoms with van der Waals surface area (Å²) in [7, 11) is 0. The van der Waals surface area contributed by atoms with Crippen LogP contribution in [0.15, 0.2) is 30.9 Å². The minimum Gasteiger partial charge on any atom is -0.323 e. The largest absolute Gasteiger partial charge is 0.435 e. The van der Waals surface area contributed by atoms with Crippen molar-refractivity contribution in [1.29, 1.82) is 0 Å². The SMILES string of the molecule is Cc1cc(C(F)(F)F)nn1CC(=O)Nc1cnc(-n2cnc(C3(C)CCCS3)c2)c(F)c1. The second-order valence-corrected chi connectivity index (χ2v) is 9.35. The molecule has 4 rings (SSSR count). The Balaban J connectivity index is 1.45. The molecule has 1 unspecified atom stereocenters. The van der Waals surface area contributed by atoms with Crippen LogP contribution in [0.5, 0.6) is 0 Å². The zero-order chi connectivity index (χ0) is 23.1. The number of pyridine rings is 1. The summed E-state index contributed by atoms with van der Waals surface area (Å²) in [6.45, 7) is 3.07. The molecular weight excluding hydrogens is 448 g/mol. The molecule has 12 heteroatoms. The molecule has 0 aliphatic carbocycles. The molecule has 3 aromatic heterocycles. The molecule has 32 heavy (non-hydrogen) atoms. The Bertz CT molecular complexity index is 1150. The van der Waals surface area contributed by atoms with Gasteiger partial charge in [-0.1, -0.05) is 0 Å². The molecule has 1 aliphatic heterocycles. The third-order valence-corrected chi connectivity index (χ3v) is 6.80. The van der Waals surface area contributed by atoms with Gasteiger partial charge in [-0.2, -0.15) is 18.3 Å². The number of anilines is 1. The third-order valence-electron chi connectivity index (χ3n) is 5.26. The van der Waals surface area contributed by atoms with Crippen molar-refractivity contribution in [3.05, 3.63) is 53.8 Å². The molecule has 170 valence electrons. The maximum atomic E-state index is 14.7. The number of imidazole rings is 1. The first-order valence-electron chi connectivity index (χ1n) is 9.81. The lowest BCUT2D eigenvalue weighted by molar-refractivity contribution is -0.141. The highest BCUT2D eigenvalue weighted by atomic mass is 32.2. The fraction of sp³-hybridized carbons (Fsp3) is 0.400. The van der Waals surface area contributed by atoms with Crippen LogP contribution in [0.2, 0.25) is 0 Å². The van der Waals surface area contributed by atoms with E-state index in [1.165, 1.54) is 24.0 Å². The summed E-state index contributed by atoms with van der Waals surface area (Å²) in [6, 6.07) is 1.95. The number of aromatic nitrogens is 5. The second-order valence-electron chi connectivity index (χ2n) is 7.75. The van der Waals surface area contributed by atoms with E-state index in [0.29, 0.717) is 0 Å². The molecule has 0 bridgehead atoms. The highest BCUT2D eigenvalue weighted by Crippen LogP contribution is 2.45. The van der Waals surface area contributed by atoms with E-state index < -0.39 is 30.1 Å². The molecular formula is C20H20F4N6OS. The van der Waals surface area contributed by atoms with Gasteiger partial charge in [-0.15, -0.1) is 11.8 Å². The van der Waals surface area contributed by atoms with Gasteiger partial charge in [0, 0.05) is 18.0 Å². The van der Waals surface area contributed by atoms with Gasteiger partial charge in [-0.25, -0.2) is 14.4 Å². The number of carbonyl (C=O) groups is 1. The van der Waals surface area contributed by atoms with Crippen LogP contribution in [-0.4, -0.2) is 36.0 Å². The lowest BCUT2D eigenvalue weighted by Gasteiger charge is -2.19. The van der Waals surface area contributed by atoms with E-state index in [-0.39, 0.29) is 21.9 Å². The van der Waals surface area contributed by atoms with E-state index >= 15 is 0 Å². The standard InChI is InChI=1S/C20H20F4N6OS/c1-12-6-15(20(22,23)24)28-30(12)10-17(31)27-13-7-14(21)18(25-8-13)29-9-16(26-11-29)19(2)4-3-5-32-19/h6-9,11H,3-5,10H2,1-2H3,(H,27,31). The Labute approximate surface area is 185 Å². The Morgan fingerprint density at radius 3 is 2.72 bits per heavy atom. The normalized spacial score (nSPS) is 18.8. The first-order valence-corrected chi connectivity index (χ1v) is 10.8. The molecule has 1 amide bonds. The van der Waals surface area contributed by atoms with Gasteiger partial charge in [0.2, 0.25) is 5.91 Å². The molecule has 4 heterocycles. The van der Waals surface area contributed by atoms with Crippen molar-refractivity contribution in [1.82, 2.24) is 24.3 Å². The van der Waals surface area contributed by atoms with Gasteiger partial charge in [-0.3, -0.25) is 14.0 Å². The van der Waals surface area contributed by atoms with Crippen LogP contribution in [0, 0.1) is 12.7 Å². The lowest BCUT2D eigenvalue weighted by atomic mass is 10.0. The number of carbonyl (C=O) groups excluding carboxylic acids is 1. The van der Waals surface area contributed by atoms with E-state index in [9.17, 15) is 22.4 Å². The molecule has 0 aromatic carbocycles. The highest BCUT2D eigenvalue weighted by Gasteiger charge is 2.35. The number of halogens is 4. The average molecular weight is 468 g/mol. The van der Waals surface area contributed by atoms with Gasteiger partial charge in [0.05, 0.1) is 22.3 Å². The molecule has 0 spiro atoms. The Morgan fingerprint density at radius 1 is 1.31 bits per heavy atom. The van der Waals surface area contributed by atoms with Crippen LogP contribution in [0.1, 0.15) is 36.8 Å². The van der Waals surface area contributed by atoms with E-state index in [0.717, 1.165) is 41.1 Å². The minimum atomic E-state index is -4.60. The van der Waals surface area contributed by atoms with Gasteiger partial charge in [0.1, 0.15) is 12.9 Å². The predicted octanol–water partition coefficient (Wildman–Crippen LogP) is 4.31. The van der Waals surface area contributed by atoms with Crippen LogP contribution in [0.4, 0.5) is 23.2 Å². The van der Waals surface area contributed by atoms with Crippen LogP contribution >= 0.6 is 11.8 Å². The molecule has 3 aromatic rings. The van der Waals surface area contributed by atoms with Gasteiger partial charge < -0.3 is 5.32 Å². The number of hydrogen-bond acceptors (Lipinski definition) is 5. The van der Waals surface area contributed by atoms with E-state index in [1.54, 1.807) is 6.20 Å². The van der Waals surface area contributed by atoms with Gasteiger partial charge >= 0.3 is 6.18 Å². The monoisotopic (exact) mass is 468 g/mol. The summed E-state index contributed by atoms with van der Waals surface area (Å²) in [5.41, 5.74) is 0.0312. The smallest absolute Gasteiger partial charge is 0.323 e. The number of hydrogen-bond donors (Lipinski definition) is 1. The summed E-state index contributed by atoms with van der Waals surface area (Å²) >= 11 is 1.82. The van der Waals surface area contributed by atoms with Crippen LogP contribution < -0.4 is 5.32 Å². The van der Waals surface area contributed by atoms with Crippen molar-refractivity contribution in [2.45, 2.75) is 44.2 Å². The van der Waals surface area contributed by atoms with Crippen molar-refractivity contribution >= 4 is 23.4 Å². The van der Waals surface area contributed by atoms with E-state index in [4.69, 9.17) is 0 Å². The number of thioether (sulfide) groups is 1. The quantitative estimate of drug-likeness (QED) is 0.565. The van der Waals surface area contributed by atoms with E-state index in [1.807, 2.05) is 11.8 Å². The van der Waals surface area contributed by atoms with E-state index in [2.05, 4.69) is 27.3 Å². The fourth-order valence-electron chi connectivity index (χ4n) is 3.53. The highest BCUT2D eigenvalue weighted by molar-refractivity contribution is 8.00. The van der Waals surface area contributed by atoms with Gasteiger partial charge in [0.25, 0.3) is 0 Å². The third kappa shape index (κ3) is 4.50. The van der Waals surface area contributed by atoms with Crippen LogP contribution in [0.25, 0.3) is 5.82 Å². The molecule has 1 aliphatic rings. The maximum absolute atomic E-state index is 14.7. The van der Waals surface area contributed by atoms with Crippen molar-refractivity contribution in [3.8, 4) is 5.82 Å². The number of amides is 1. The van der Waals surface area contributed by atoms with Crippen molar-refractivity contribution in [3.63, 3.8) is 0 Å². The van der Waals surface area contributed by atoms with Crippen LogP contribution in [0.3, 0.4) is 0 Å². The van der Waals surface area contributed by atoms with Crippen molar-refractivity contribution < 1.29 is 22.4 Å². The fourth-order valence-corrected chi connectivity index (χ4v) is 4.81. The summed E-state index contributed by atoms with van der Waals surface area (Å²) in [6.07, 6.45) is 2.03. The molecule has 7 nitrogen and oxygen atoms in total. The van der Waals surface area contributed by atoms with Crippen molar-refractivity contribution in [2.24, 2.45) is 0 Å². The Morgan fingerprint density at radius 2 is 2.09 bits per heavy atom. The maximum Gasteiger partial charge on any atom is 0.435 e. The first kappa shape index (κ1) is 22.3. The van der Waals surface area contributed by atoms with Gasteiger partial charge in [-0.05, 0) is 38.5 Å². The van der Waals surface area contributed by atoms with Gasteiger partial charge in [0.15, 0.2) is 17.3 Å². The summed E-state index contributed by atoms with van der Waals surface area (Å²) < 4.78 is 55.3. The van der Waals surface area contributed by atoms with Crippen molar-refractivity contribution in [2.75, 3.05) is 11.1 Å². The summed E-state index contributed by atoms with van der Waals surface area (Å²) in [5, 5.41) is 5.83. The lowest BCUT2D eigenvalue weighted by Crippen LogP contribution is -2.21. The molecule has 1 saturated heterocycles. The predicted molar refractivity (Wildman–Crippen MR) is 111 cm³/mol. The topological polar surface area (TPSA) is 77.6 Å². The first-order chi connectivity index (χ1) is 15.0. The molecule has 1 atom stereocenters. The number of rotatable bonds is 5. The van der Waals surface area contributed by atoms with Crippen LogP contribution in [-0.2, 0) is 22.3 Å². The Kier molecular flexibility index (Phi) is 5.74. The zero-order valence-corrected chi connectivity index (χ0v) is 18.1. The number of nitrogens with one attached hydrogen (secondary N) is 1. The molecule has 1 N–H and O–H groups in total. The minimum absolute atomic E-state index is 0.0334. The summed E-state index contributed by atoms with van der Waals surface area (Å²) in [4.78, 5) is 20.7. The second kappa shape index (κ2) is 8.23. The average Bonchev–Trinajstić information content (AvgIpc) is 3.43. The number of alkyl halides is 3. The Hall–Kier alpha value is -2.89. The molecule has 0 saturated carbocycles. The molecule has 0 radical (unpaired) electrons. The number of nitrogens with zero attached hydrogens (tertiary/aromatic N) is 5. The summed E-state index contributed by atoms with van der Waals surface area (Å²) in [5.74, 6) is -0.244. The number of aryl methyl sites for hydroxylation is 1.